The minimum absolute atomic E-state index is 0.213. The van der Waals surface area contributed by atoms with Crippen LogP contribution in [0.3, 0.4) is 0 Å². The number of carbonyl (C=O) groups excluding carboxylic acids is 1. The lowest BCUT2D eigenvalue weighted by molar-refractivity contribution is -0.116. The normalized spacial score (nSPS) is 17.0. The second kappa shape index (κ2) is 8.46. The number of amides is 1. The van der Waals surface area contributed by atoms with Gasteiger partial charge in [-0.1, -0.05) is 6.07 Å². The molecular weight excluding hydrogens is 323 g/mol. The molecule has 2 rings (SSSR count). The summed E-state index contributed by atoms with van der Waals surface area (Å²) in [5, 5.41) is 11.2. The van der Waals surface area contributed by atoms with Gasteiger partial charge in [0, 0.05) is 44.8 Å². The Hall–Kier alpha value is -1.64. The first-order valence-corrected chi connectivity index (χ1v) is 7.87. The third-order valence-electron chi connectivity index (χ3n) is 3.91. The fraction of sp³-hybridized carbons (Fsp3) is 0.562. The predicted octanol–water partition coefficient (Wildman–Crippen LogP) is 1.40. The summed E-state index contributed by atoms with van der Waals surface area (Å²) in [5.74, 6) is -3.70. The number of hydrogen-bond acceptors (Lipinski definition) is 4. The third kappa shape index (κ3) is 6.10. The van der Waals surface area contributed by atoms with E-state index in [1.807, 2.05) is 4.90 Å². The van der Waals surface area contributed by atoms with Crippen LogP contribution in [0, 0.1) is 5.82 Å². The number of hydrogen-bond donors (Lipinski definition) is 2. The maximum absolute atomic E-state index is 13.1. The Morgan fingerprint density at radius 1 is 1.21 bits per heavy atom. The number of nitrogens with one attached hydrogen (secondary N) is 1. The van der Waals surface area contributed by atoms with E-state index >= 15 is 0 Å². The second-order valence-electron chi connectivity index (χ2n) is 5.94. The smallest absolute Gasteiger partial charge is 0.283 e. The van der Waals surface area contributed by atoms with Gasteiger partial charge >= 0.3 is 0 Å². The van der Waals surface area contributed by atoms with Crippen molar-refractivity contribution in [2.75, 3.05) is 51.2 Å². The molecule has 1 aliphatic heterocycles. The molecule has 1 amide bonds. The molecule has 1 heterocycles. The molecule has 0 aromatic heterocycles. The Labute approximate surface area is 139 Å². The molecule has 0 atom stereocenters. The van der Waals surface area contributed by atoms with Gasteiger partial charge in [-0.25, -0.2) is 13.2 Å². The zero-order chi connectivity index (χ0) is 17.6. The number of aliphatic hydroxyl groups is 1. The molecule has 5 nitrogen and oxygen atoms in total. The van der Waals surface area contributed by atoms with Gasteiger partial charge in [0.15, 0.2) is 0 Å². The summed E-state index contributed by atoms with van der Waals surface area (Å²) >= 11 is 0. The fourth-order valence-corrected chi connectivity index (χ4v) is 2.60. The van der Waals surface area contributed by atoms with Crippen molar-refractivity contribution >= 4 is 11.6 Å². The lowest BCUT2D eigenvalue weighted by atomic mass is 10.2. The molecule has 1 aliphatic rings. The van der Waals surface area contributed by atoms with Gasteiger partial charge in [0.1, 0.15) is 12.4 Å². The lowest BCUT2D eigenvalue weighted by Gasteiger charge is -2.35. The predicted molar refractivity (Wildman–Crippen MR) is 84.6 cm³/mol. The van der Waals surface area contributed by atoms with E-state index < -0.39 is 24.9 Å². The summed E-state index contributed by atoms with van der Waals surface area (Å²) in [6.07, 6.45) is 0.253. The average molecular weight is 345 g/mol. The second-order valence-corrected chi connectivity index (χ2v) is 5.94. The van der Waals surface area contributed by atoms with Crippen LogP contribution in [0.25, 0.3) is 0 Å². The highest BCUT2D eigenvalue weighted by molar-refractivity contribution is 5.90. The van der Waals surface area contributed by atoms with Crippen LogP contribution in [0.4, 0.5) is 18.9 Å². The molecule has 1 saturated heterocycles. The van der Waals surface area contributed by atoms with Gasteiger partial charge in [0.05, 0.1) is 6.54 Å². The molecule has 1 aromatic rings. The first kappa shape index (κ1) is 18.7. The summed E-state index contributed by atoms with van der Waals surface area (Å²) < 4.78 is 39.3. The number of aliphatic hydroxyl groups excluding tert-OH is 1. The molecule has 1 fully saturated rings. The minimum atomic E-state index is -3.08. The van der Waals surface area contributed by atoms with Crippen molar-refractivity contribution in [1.82, 2.24) is 9.80 Å². The molecule has 2 N–H and O–H groups in total. The Balaban J connectivity index is 1.68. The van der Waals surface area contributed by atoms with Gasteiger partial charge in [-0.3, -0.25) is 9.69 Å². The molecule has 134 valence electrons. The molecule has 0 unspecified atom stereocenters. The van der Waals surface area contributed by atoms with E-state index in [0.717, 1.165) is 0 Å². The van der Waals surface area contributed by atoms with Gasteiger partial charge in [0.25, 0.3) is 5.92 Å². The number of rotatable bonds is 7. The van der Waals surface area contributed by atoms with E-state index in [1.165, 1.54) is 18.2 Å². The molecule has 0 spiro atoms. The summed E-state index contributed by atoms with van der Waals surface area (Å²) in [7, 11) is 0. The minimum Gasteiger partial charge on any atom is -0.390 e. The van der Waals surface area contributed by atoms with E-state index in [2.05, 4.69) is 5.32 Å². The van der Waals surface area contributed by atoms with Gasteiger partial charge < -0.3 is 15.3 Å². The Morgan fingerprint density at radius 2 is 1.88 bits per heavy atom. The number of halogens is 3. The van der Waals surface area contributed by atoms with E-state index in [4.69, 9.17) is 5.11 Å². The molecular formula is C16H22F3N3O2. The van der Waals surface area contributed by atoms with Crippen LogP contribution in [0.2, 0.25) is 0 Å². The number of piperazine rings is 1. The number of benzene rings is 1. The maximum Gasteiger partial charge on any atom is 0.283 e. The number of carbonyl (C=O) groups is 1. The van der Waals surface area contributed by atoms with E-state index in [1.54, 1.807) is 11.0 Å². The largest absolute Gasteiger partial charge is 0.390 e. The molecule has 0 radical (unpaired) electrons. The zero-order valence-corrected chi connectivity index (χ0v) is 13.4. The number of nitrogens with zero attached hydrogens (tertiary/aromatic N) is 2. The van der Waals surface area contributed by atoms with Crippen LogP contribution in [0.1, 0.15) is 6.42 Å². The van der Waals surface area contributed by atoms with Crippen LogP contribution in [-0.4, -0.2) is 72.6 Å². The summed E-state index contributed by atoms with van der Waals surface area (Å²) in [4.78, 5) is 15.5. The van der Waals surface area contributed by atoms with Gasteiger partial charge in [-0.2, -0.15) is 0 Å². The third-order valence-corrected chi connectivity index (χ3v) is 3.91. The van der Waals surface area contributed by atoms with Crippen molar-refractivity contribution in [3.8, 4) is 0 Å². The first-order chi connectivity index (χ1) is 11.4. The van der Waals surface area contributed by atoms with E-state index in [0.29, 0.717) is 38.4 Å². The number of alkyl halides is 2. The van der Waals surface area contributed by atoms with Crippen molar-refractivity contribution in [1.29, 1.82) is 0 Å². The van der Waals surface area contributed by atoms with Crippen molar-refractivity contribution in [2.45, 2.75) is 12.3 Å². The maximum atomic E-state index is 13.1. The lowest BCUT2D eigenvalue weighted by Crippen LogP contribution is -2.50. The van der Waals surface area contributed by atoms with Crippen molar-refractivity contribution in [3.63, 3.8) is 0 Å². The topological polar surface area (TPSA) is 55.8 Å². The SMILES string of the molecule is O=C(CCN1CCN(CC(F)(F)CO)CC1)Nc1cccc(F)c1. The van der Waals surface area contributed by atoms with Crippen LogP contribution >= 0.6 is 0 Å². The van der Waals surface area contributed by atoms with E-state index in [-0.39, 0.29) is 12.3 Å². The van der Waals surface area contributed by atoms with Gasteiger partial charge in [-0.15, -0.1) is 0 Å². The summed E-state index contributed by atoms with van der Waals surface area (Å²) in [6, 6.07) is 5.68. The number of anilines is 1. The summed E-state index contributed by atoms with van der Waals surface area (Å²) in [6.45, 7) is 1.06. The van der Waals surface area contributed by atoms with Crippen LogP contribution in [0.5, 0.6) is 0 Å². The van der Waals surface area contributed by atoms with E-state index in [9.17, 15) is 18.0 Å². The molecule has 0 saturated carbocycles. The quantitative estimate of drug-likeness (QED) is 0.784. The van der Waals surface area contributed by atoms with Crippen LogP contribution in [-0.2, 0) is 4.79 Å². The Kier molecular flexibility index (Phi) is 6.59. The van der Waals surface area contributed by atoms with Gasteiger partial charge in [0.2, 0.25) is 5.91 Å². The average Bonchev–Trinajstić information content (AvgIpc) is 2.54. The van der Waals surface area contributed by atoms with Gasteiger partial charge in [-0.05, 0) is 18.2 Å². The first-order valence-electron chi connectivity index (χ1n) is 7.87. The molecule has 24 heavy (non-hydrogen) atoms. The monoisotopic (exact) mass is 345 g/mol. The van der Waals surface area contributed by atoms with Crippen molar-refractivity contribution < 1.29 is 23.1 Å². The fourth-order valence-electron chi connectivity index (χ4n) is 2.60. The molecule has 8 heteroatoms. The Morgan fingerprint density at radius 3 is 2.50 bits per heavy atom. The highest BCUT2D eigenvalue weighted by Crippen LogP contribution is 2.16. The summed E-state index contributed by atoms with van der Waals surface area (Å²) in [5.41, 5.74) is 0.413. The highest BCUT2D eigenvalue weighted by Gasteiger charge is 2.32. The molecule has 0 bridgehead atoms. The highest BCUT2D eigenvalue weighted by atomic mass is 19.3. The van der Waals surface area contributed by atoms with Crippen LogP contribution in [0.15, 0.2) is 24.3 Å². The van der Waals surface area contributed by atoms with Crippen molar-refractivity contribution in [2.24, 2.45) is 0 Å². The standard InChI is InChI=1S/C16H22F3N3O2/c17-13-2-1-3-14(10-13)20-15(24)4-5-21-6-8-22(9-7-21)11-16(18,19)12-23/h1-3,10,23H,4-9,11-12H2,(H,20,24). The van der Waals surface area contributed by atoms with Crippen molar-refractivity contribution in [3.05, 3.63) is 30.1 Å². The zero-order valence-electron chi connectivity index (χ0n) is 13.4. The molecule has 1 aromatic carbocycles. The molecule has 0 aliphatic carbocycles. The Bertz CT molecular complexity index is 549. The van der Waals surface area contributed by atoms with Crippen LogP contribution < -0.4 is 5.32 Å².